The van der Waals surface area contributed by atoms with Gasteiger partial charge in [0.2, 0.25) is 0 Å². The Morgan fingerprint density at radius 1 is 0.875 bits per heavy atom. The van der Waals surface area contributed by atoms with Gasteiger partial charge in [-0.3, -0.25) is 10.5 Å². The van der Waals surface area contributed by atoms with Gasteiger partial charge in [-0.25, -0.2) is 0 Å². The summed E-state index contributed by atoms with van der Waals surface area (Å²) in [5, 5.41) is 0. The number of nitrogens with two attached hydrogens (primary N) is 1. The van der Waals surface area contributed by atoms with Crippen LogP contribution in [0.25, 0.3) is 0 Å². The molecule has 176 valence electrons. The fraction of sp³-hybridized carbons (Fsp3) is 0.536. The van der Waals surface area contributed by atoms with Gasteiger partial charge in [0.1, 0.15) is 11.9 Å². The van der Waals surface area contributed by atoms with Crippen LogP contribution in [0.1, 0.15) is 95.3 Å². The van der Waals surface area contributed by atoms with E-state index in [2.05, 4.69) is 26.0 Å². The third kappa shape index (κ3) is 10.3. The molecular weight excluding hydrogens is 398 g/mol. The molecule has 0 aromatic heterocycles. The summed E-state index contributed by atoms with van der Waals surface area (Å²) in [5.41, 5.74) is 8.48. The Kier molecular flexibility index (Phi) is 12.5. The fourth-order valence-electron chi connectivity index (χ4n) is 3.86. The highest BCUT2D eigenvalue weighted by atomic mass is 16.6. The van der Waals surface area contributed by atoms with Crippen LogP contribution in [0.4, 0.5) is 0 Å². The highest BCUT2D eigenvalue weighted by Crippen LogP contribution is 2.27. The zero-order valence-electron chi connectivity index (χ0n) is 19.9. The summed E-state index contributed by atoms with van der Waals surface area (Å²) in [6, 6.07) is 18.2. The van der Waals surface area contributed by atoms with Gasteiger partial charge in [-0.2, -0.15) is 0 Å². The van der Waals surface area contributed by atoms with E-state index in [1.165, 1.54) is 37.7 Å². The van der Waals surface area contributed by atoms with Gasteiger partial charge in [0, 0.05) is 12.8 Å². The van der Waals surface area contributed by atoms with Gasteiger partial charge in [0.15, 0.2) is 6.23 Å². The van der Waals surface area contributed by atoms with E-state index in [0.29, 0.717) is 12.8 Å². The van der Waals surface area contributed by atoms with Crippen LogP contribution < -0.4 is 10.5 Å². The zero-order valence-corrected chi connectivity index (χ0v) is 19.9. The Morgan fingerprint density at radius 2 is 1.59 bits per heavy atom. The van der Waals surface area contributed by atoms with Gasteiger partial charge < -0.3 is 9.47 Å². The Labute approximate surface area is 194 Å². The molecule has 2 atom stereocenters. The van der Waals surface area contributed by atoms with Crippen LogP contribution in [0.15, 0.2) is 54.6 Å². The average molecular weight is 440 g/mol. The maximum Gasteiger partial charge on any atom is 0.307 e. The van der Waals surface area contributed by atoms with E-state index in [9.17, 15) is 4.79 Å². The van der Waals surface area contributed by atoms with Gasteiger partial charge in [-0.05, 0) is 36.1 Å². The predicted molar refractivity (Wildman–Crippen MR) is 132 cm³/mol. The number of esters is 1. The van der Waals surface area contributed by atoms with Gasteiger partial charge in [-0.1, -0.05) is 101 Å². The molecule has 0 heterocycles. The first-order chi connectivity index (χ1) is 15.6. The molecule has 2 rings (SSSR count). The van der Waals surface area contributed by atoms with Gasteiger partial charge in [0.25, 0.3) is 0 Å². The monoisotopic (exact) mass is 439 g/mol. The molecular formula is C28H41NO3. The van der Waals surface area contributed by atoms with E-state index in [-0.39, 0.29) is 12.1 Å². The molecule has 0 amide bonds. The van der Waals surface area contributed by atoms with Gasteiger partial charge in [0.05, 0.1) is 0 Å². The van der Waals surface area contributed by atoms with E-state index < -0.39 is 6.23 Å². The van der Waals surface area contributed by atoms with Crippen molar-refractivity contribution in [2.24, 2.45) is 5.73 Å². The Balaban J connectivity index is 1.86. The third-order valence-electron chi connectivity index (χ3n) is 5.60. The fourth-order valence-corrected chi connectivity index (χ4v) is 3.86. The summed E-state index contributed by atoms with van der Waals surface area (Å²) >= 11 is 0. The minimum absolute atomic E-state index is 0.220. The second-order valence-corrected chi connectivity index (χ2v) is 8.55. The maximum atomic E-state index is 12.2. The van der Waals surface area contributed by atoms with Gasteiger partial charge >= 0.3 is 5.97 Å². The summed E-state index contributed by atoms with van der Waals surface area (Å²) < 4.78 is 11.8. The molecule has 0 aliphatic heterocycles. The molecule has 2 aromatic carbocycles. The zero-order chi connectivity index (χ0) is 23.0. The lowest BCUT2D eigenvalue weighted by Gasteiger charge is -2.23. The van der Waals surface area contributed by atoms with Gasteiger partial charge in [-0.15, -0.1) is 0 Å². The second kappa shape index (κ2) is 15.5. The number of hydrogen-bond acceptors (Lipinski definition) is 4. The lowest BCUT2D eigenvalue weighted by atomic mass is 10.1. The Bertz CT molecular complexity index is 762. The molecule has 0 radical (unpaired) electrons. The number of benzene rings is 2. The number of rotatable bonds is 16. The van der Waals surface area contributed by atoms with Crippen molar-refractivity contribution in [1.82, 2.24) is 0 Å². The van der Waals surface area contributed by atoms with Crippen LogP contribution in [-0.2, 0) is 16.0 Å². The van der Waals surface area contributed by atoms with E-state index in [0.717, 1.165) is 37.0 Å². The summed E-state index contributed by atoms with van der Waals surface area (Å²) in [5.74, 6) is 0.592. The van der Waals surface area contributed by atoms with Crippen molar-refractivity contribution in [3.05, 3.63) is 65.7 Å². The summed E-state index contributed by atoms with van der Waals surface area (Å²) in [4.78, 5) is 12.2. The van der Waals surface area contributed by atoms with Crippen molar-refractivity contribution in [3.63, 3.8) is 0 Å². The smallest absolute Gasteiger partial charge is 0.307 e. The summed E-state index contributed by atoms with van der Waals surface area (Å²) in [6.45, 7) is 4.39. The molecule has 0 spiro atoms. The topological polar surface area (TPSA) is 61.5 Å². The summed E-state index contributed by atoms with van der Waals surface area (Å²) in [6.07, 6.45) is 10.2. The molecule has 4 heteroatoms. The highest BCUT2D eigenvalue weighted by molar-refractivity contribution is 5.69. The molecule has 4 nitrogen and oxygen atoms in total. The number of carbonyl (C=O) groups excluding carboxylic acids is 1. The average Bonchev–Trinajstić information content (AvgIpc) is 2.79. The minimum Gasteiger partial charge on any atom is -0.486 e. The van der Waals surface area contributed by atoms with Crippen molar-refractivity contribution in [2.75, 3.05) is 0 Å². The summed E-state index contributed by atoms with van der Waals surface area (Å²) in [7, 11) is 0. The van der Waals surface area contributed by atoms with Crippen molar-refractivity contribution in [1.29, 1.82) is 0 Å². The molecule has 0 saturated heterocycles. The highest BCUT2D eigenvalue weighted by Gasteiger charge is 2.20. The van der Waals surface area contributed by atoms with Crippen LogP contribution in [0.3, 0.4) is 0 Å². The van der Waals surface area contributed by atoms with Crippen molar-refractivity contribution in [2.45, 2.75) is 96.8 Å². The second-order valence-electron chi connectivity index (χ2n) is 8.55. The molecule has 0 bridgehead atoms. The van der Waals surface area contributed by atoms with Crippen molar-refractivity contribution in [3.8, 4) is 5.75 Å². The number of hydrogen-bond donors (Lipinski definition) is 1. The first-order valence-corrected chi connectivity index (χ1v) is 12.4. The van der Waals surface area contributed by atoms with Crippen molar-refractivity contribution < 1.29 is 14.3 Å². The van der Waals surface area contributed by atoms with Crippen LogP contribution in [-0.4, -0.2) is 12.2 Å². The van der Waals surface area contributed by atoms with Crippen LogP contribution in [0.2, 0.25) is 0 Å². The maximum absolute atomic E-state index is 12.2. The number of unbranched alkanes of at least 4 members (excludes halogenated alkanes) is 6. The van der Waals surface area contributed by atoms with E-state index in [4.69, 9.17) is 15.2 Å². The number of ether oxygens (including phenoxy) is 2. The van der Waals surface area contributed by atoms with Crippen LogP contribution in [0.5, 0.6) is 5.75 Å². The SMILES string of the molecule is CCCCCCCCCC(=O)OC(N)CC(Oc1cccc(CCC)c1)c1ccccc1. The predicted octanol–water partition coefficient (Wildman–Crippen LogP) is 7.12. The molecule has 0 aliphatic carbocycles. The first kappa shape index (κ1) is 25.9. The molecule has 0 fully saturated rings. The van der Waals surface area contributed by atoms with Crippen molar-refractivity contribution >= 4 is 5.97 Å². The van der Waals surface area contributed by atoms with Crippen LogP contribution in [0, 0.1) is 0 Å². The largest absolute Gasteiger partial charge is 0.486 e. The minimum atomic E-state index is -0.698. The molecule has 0 aliphatic rings. The number of aryl methyl sites for hydroxylation is 1. The van der Waals surface area contributed by atoms with E-state index in [1.54, 1.807) is 0 Å². The standard InChI is InChI=1S/C28H41NO3/c1-3-5-6-7-8-9-13-20-28(30)32-27(29)22-26(24-17-11-10-12-18-24)31-25-19-14-16-23(21-25)15-4-2/h10-12,14,16-19,21,26-27H,3-9,13,15,20,22,29H2,1-2H3. The third-order valence-corrected chi connectivity index (χ3v) is 5.60. The molecule has 2 N–H and O–H groups in total. The lowest BCUT2D eigenvalue weighted by Crippen LogP contribution is -2.30. The quantitative estimate of drug-likeness (QED) is 0.172. The Morgan fingerprint density at radius 3 is 2.31 bits per heavy atom. The number of carbonyl (C=O) groups is 1. The van der Waals surface area contributed by atoms with E-state index >= 15 is 0 Å². The Hall–Kier alpha value is -2.33. The molecule has 2 aromatic rings. The first-order valence-electron chi connectivity index (χ1n) is 12.4. The van der Waals surface area contributed by atoms with E-state index in [1.807, 2.05) is 42.5 Å². The molecule has 2 unspecified atom stereocenters. The van der Waals surface area contributed by atoms with Crippen LogP contribution >= 0.6 is 0 Å². The lowest BCUT2D eigenvalue weighted by molar-refractivity contribution is -0.150. The molecule has 32 heavy (non-hydrogen) atoms. The molecule has 0 saturated carbocycles. The normalized spacial score (nSPS) is 12.8.